The number of nitrogens with zero attached hydrogens (tertiary/aromatic N) is 1. The van der Waals surface area contributed by atoms with E-state index in [0.717, 1.165) is 49.3 Å². The number of carbonyl (C=O) groups is 2. The van der Waals surface area contributed by atoms with Crippen LogP contribution in [0.4, 0.5) is 5.69 Å². The summed E-state index contributed by atoms with van der Waals surface area (Å²) in [6.45, 7) is 7.27. The Labute approximate surface area is 179 Å². The van der Waals surface area contributed by atoms with Crippen molar-refractivity contribution in [1.82, 2.24) is 4.90 Å². The first-order valence-electron chi connectivity index (χ1n) is 11.3. The Hall–Kier alpha value is -2.46. The Bertz CT molecular complexity index is 911. The lowest BCUT2D eigenvalue weighted by molar-refractivity contribution is -0.116. The predicted molar refractivity (Wildman–Crippen MR) is 121 cm³/mol. The number of hydrogen-bond donors (Lipinski definition) is 1. The molecule has 0 radical (unpaired) electrons. The first-order chi connectivity index (χ1) is 14.5. The van der Waals surface area contributed by atoms with E-state index >= 15 is 0 Å². The monoisotopic (exact) mass is 404 g/mol. The lowest BCUT2D eigenvalue weighted by atomic mass is 9.88. The smallest absolute Gasteiger partial charge is 0.224 e. The van der Waals surface area contributed by atoms with Crippen LogP contribution in [0.5, 0.6) is 0 Å². The molecule has 158 valence electrons. The number of Topliss-reactive ketones (excluding diaryl/α,β-unsaturated/α-hetero) is 1. The van der Waals surface area contributed by atoms with Crippen LogP contribution < -0.4 is 5.32 Å². The number of fused-ring (bicyclic) bond motifs is 1. The molecule has 0 unspecified atom stereocenters. The van der Waals surface area contributed by atoms with Gasteiger partial charge in [-0.1, -0.05) is 38.1 Å². The normalized spacial score (nSPS) is 16.8. The van der Waals surface area contributed by atoms with Crippen molar-refractivity contribution in [2.75, 3.05) is 25.0 Å². The van der Waals surface area contributed by atoms with Crippen LogP contribution >= 0.6 is 0 Å². The number of likely N-dealkylation sites (tertiary alicyclic amines) is 1. The molecule has 30 heavy (non-hydrogen) atoms. The first-order valence-corrected chi connectivity index (χ1v) is 11.3. The van der Waals surface area contributed by atoms with E-state index in [0.29, 0.717) is 12.3 Å². The highest BCUT2D eigenvalue weighted by Crippen LogP contribution is 2.27. The molecular formula is C26H32N2O2. The van der Waals surface area contributed by atoms with E-state index in [2.05, 4.69) is 48.3 Å². The van der Waals surface area contributed by atoms with Crippen LogP contribution in [0, 0.1) is 5.92 Å². The summed E-state index contributed by atoms with van der Waals surface area (Å²) < 4.78 is 0. The first kappa shape index (κ1) is 20.8. The molecule has 4 rings (SSSR count). The van der Waals surface area contributed by atoms with Crippen molar-refractivity contribution >= 4 is 17.4 Å². The molecule has 4 heteroatoms. The van der Waals surface area contributed by atoms with Crippen molar-refractivity contribution in [3.8, 4) is 0 Å². The second-order valence-corrected chi connectivity index (χ2v) is 9.09. The van der Waals surface area contributed by atoms with Gasteiger partial charge in [-0.25, -0.2) is 0 Å². The van der Waals surface area contributed by atoms with E-state index in [9.17, 15) is 9.59 Å². The molecule has 2 aromatic rings. The number of carbonyl (C=O) groups excluding carboxylic acids is 2. The molecule has 0 spiro atoms. The molecule has 0 saturated carbocycles. The van der Waals surface area contributed by atoms with E-state index in [-0.39, 0.29) is 17.6 Å². The van der Waals surface area contributed by atoms with Gasteiger partial charge in [0.25, 0.3) is 0 Å². The van der Waals surface area contributed by atoms with E-state index in [1.807, 2.05) is 18.2 Å². The topological polar surface area (TPSA) is 49.4 Å². The summed E-state index contributed by atoms with van der Waals surface area (Å²) in [6, 6.07) is 14.7. The van der Waals surface area contributed by atoms with Crippen LogP contribution in [0.2, 0.25) is 0 Å². The van der Waals surface area contributed by atoms with Gasteiger partial charge in [0.2, 0.25) is 5.91 Å². The number of nitrogens with one attached hydrogen (secondary N) is 1. The number of ketones is 1. The number of benzene rings is 2. The summed E-state index contributed by atoms with van der Waals surface area (Å²) >= 11 is 0. The zero-order valence-electron chi connectivity index (χ0n) is 18.1. The minimum Gasteiger partial charge on any atom is -0.326 e. The van der Waals surface area contributed by atoms with Crippen LogP contribution in [0.25, 0.3) is 0 Å². The molecule has 2 heterocycles. The Balaban J connectivity index is 1.18. The number of hydrogen-bond acceptors (Lipinski definition) is 3. The number of rotatable bonds is 8. The second-order valence-electron chi connectivity index (χ2n) is 9.09. The quantitative estimate of drug-likeness (QED) is 0.506. The molecule has 0 aliphatic carbocycles. The number of unbranched alkanes of at least 4 members (excludes halogenated alkanes) is 1. The molecule has 0 atom stereocenters. The molecule has 2 aliphatic heterocycles. The van der Waals surface area contributed by atoms with Gasteiger partial charge >= 0.3 is 0 Å². The van der Waals surface area contributed by atoms with Gasteiger partial charge < -0.3 is 10.2 Å². The third-order valence-electron chi connectivity index (χ3n) is 6.45. The van der Waals surface area contributed by atoms with Crippen molar-refractivity contribution in [2.45, 2.75) is 51.9 Å². The summed E-state index contributed by atoms with van der Waals surface area (Å²) in [5, 5.41) is 2.88. The minimum absolute atomic E-state index is 0.0591. The van der Waals surface area contributed by atoms with Gasteiger partial charge in [0.15, 0.2) is 5.78 Å². The molecule has 2 aliphatic rings. The molecule has 1 N–H and O–H groups in total. The van der Waals surface area contributed by atoms with Crippen LogP contribution in [0.3, 0.4) is 0 Å². The predicted octanol–water partition coefficient (Wildman–Crippen LogP) is 4.83. The molecule has 0 bridgehead atoms. The Kier molecular flexibility index (Phi) is 6.33. The van der Waals surface area contributed by atoms with E-state index in [1.54, 1.807) is 0 Å². The highest BCUT2D eigenvalue weighted by atomic mass is 16.1. The van der Waals surface area contributed by atoms with Gasteiger partial charge in [-0.3, -0.25) is 9.59 Å². The standard InChI is InChI=1S/C26H32N2O2/c1-18(2)20-8-6-19(7-9-20)5-3-4-14-28-16-23(17-28)26(30)22-10-12-24-21(15-22)11-13-25(29)27-24/h6-10,12,15,18,23H,3-5,11,13-14,16-17H2,1-2H3,(H,27,29). The maximum Gasteiger partial charge on any atom is 0.224 e. The molecular weight excluding hydrogens is 372 g/mol. The van der Waals surface area contributed by atoms with E-state index in [1.165, 1.54) is 24.0 Å². The third kappa shape index (κ3) is 4.81. The highest BCUT2D eigenvalue weighted by Gasteiger charge is 2.33. The molecule has 1 amide bonds. The van der Waals surface area contributed by atoms with Gasteiger partial charge in [0.1, 0.15) is 0 Å². The van der Waals surface area contributed by atoms with Crippen molar-refractivity contribution in [2.24, 2.45) is 5.92 Å². The lowest BCUT2D eigenvalue weighted by Crippen LogP contribution is -2.50. The molecule has 1 fully saturated rings. The Morgan fingerprint density at radius 3 is 2.57 bits per heavy atom. The summed E-state index contributed by atoms with van der Waals surface area (Å²) in [4.78, 5) is 26.7. The maximum atomic E-state index is 12.8. The van der Waals surface area contributed by atoms with Gasteiger partial charge in [0, 0.05) is 36.7 Å². The number of anilines is 1. The second kappa shape index (κ2) is 9.13. The van der Waals surface area contributed by atoms with Crippen LogP contribution in [0.15, 0.2) is 42.5 Å². The van der Waals surface area contributed by atoms with Crippen LogP contribution in [0.1, 0.15) is 66.1 Å². The van der Waals surface area contributed by atoms with Crippen molar-refractivity contribution in [1.29, 1.82) is 0 Å². The summed E-state index contributed by atoms with van der Waals surface area (Å²) in [7, 11) is 0. The van der Waals surface area contributed by atoms with E-state index in [4.69, 9.17) is 0 Å². The van der Waals surface area contributed by atoms with Crippen molar-refractivity contribution in [3.05, 3.63) is 64.7 Å². The lowest BCUT2D eigenvalue weighted by Gasteiger charge is -2.38. The zero-order chi connectivity index (χ0) is 21.1. The van der Waals surface area contributed by atoms with Gasteiger partial charge in [-0.15, -0.1) is 0 Å². The SMILES string of the molecule is CC(C)c1ccc(CCCCN2CC(C(=O)c3ccc4c(c3)CCC(=O)N4)C2)cc1. The largest absolute Gasteiger partial charge is 0.326 e. The fraction of sp³-hybridized carbons (Fsp3) is 0.462. The number of amides is 1. The van der Waals surface area contributed by atoms with Crippen molar-refractivity contribution in [3.63, 3.8) is 0 Å². The fourth-order valence-electron chi connectivity index (χ4n) is 4.42. The van der Waals surface area contributed by atoms with Crippen LogP contribution in [-0.4, -0.2) is 36.2 Å². The molecule has 4 nitrogen and oxygen atoms in total. The number of aryl methyl sites for hydroxylation is 2. The average molecular weight is 405 g/mol. The van der Waals surface area contributed by atoms with Crippen LogP contribution in [-0.2, 0) is 17.6 Å². The molecule has 2 aromatic carbocycles. The van der Waals surface area contributed by atoms with E-state index < -0.39 is 0 Å². The summed E-state index contributed by atoms with van der Waals surface area (Å²) in [5.74, 6) is 1.01. The molecule has 1 saturated heterocycles. The van der Waals surface area contributed by atoms with Crippen molar-refractivity contribution < 1.29 is 9.59 Å². The zero-order valence-corrected chi connectivity index (χ0v) is 18.1. The van der Waals surface area contributed by atoms with Gasteiger partial charge in [-0.05, 0) is 73.0 Å². The van der Waals surface area contributed by atoms with Gasteiger partial charge in [0.05, 0.1) is 0 Å². The fourth-order valence-corrected chi connectivity index (χ4v) is 4.42. The summed E-state index contributed by atoms with van der Waals surface area (Å²) in [5.41, 5.74) is 5.55. The third-order valence-corrected chi connectivity index (χ3v) is 6.45. The molecule has 0 aromatic heterocycles. The Morgan fingerprint density at radius 1 is 1.07 bits per heavy atom. The summed E-state index contributed by atoms with van der Waals surface area (Å²) in [6.07, 6.45) is 4.71. The minimum atomic E-state index is 0.0591. The average Bonchev–Trinajstić information content (AvgIpc) is 2.71. The van der Waals surface area contributed by atoms with Gasteiger partial charge in [-0.2, -0.15) is 0 Å². The highest BCUT2D eigenvalue weighted by molar-refractivity contribution is 6.00. The maximum absolute atomic E-state index is 12.8. The Morgan fingerprint density at radius 2 is 1.83 bits per heavy atom.